The molecule has 0 atom stereocenters. The van der Waals surface area contributed by atoms with E-state index in [2.05, 4.69) is 11.6 Å². The molecule has 2 N–H and O–H groups in total. The van der Waals surface area contributed by atoms with Gasteiger partial charge in [0.15, 0.2) is 0 Å². The van der Waals surface area contributed by atoms with Crippen molar-refractivity contribution in [1.82, 2.24) is 4.72 Å². The van der Waals surface area contributed by atoms with Crippen molar-refractivity contribution in [1.29, 1.82) is 0 Å². The molecule has 2 rings (SSSR count). The molecular formula is C15H23NO4S. The fourth-order valence-electron chi connectivity index (χ4n) is 2.54. The van der Waals surface area contributed by atoms with E-state index >= 15 is 0 Å². The Kier molecular flexibility index (Phi) is 5.24. The molecule has 1 aromatic carbocycles. The van der Waals surface area contributed by atoms with Crippen LogP contribution in [0.15, 0.2) is 29.2 Å². The molecule has 21 heavy (non-hydrogen) atoms. The largest absolute Gasteiger partial charge is 0.491 e. The summed E-state index contributed by atoms with van der Waals surface area (Å²) in [5.41, 5.74) is 0.150. The third kappa shape index (κ3) is 3.96. The first-order valence-corrected chi connectivity index (χ1v) is 8.83. The number of aliphatic hydroxyl groups excluding tert-OH is 1. The van der Waals surface area contributed by atoms with Crippen LogP contribution in [0.3, 0.4) is 0 Å². The zero-order valence-electron chi connectivity index (χ0n) is 12.3. The number of ether oxygens (including phenoxy) is 1. The Hall–Kier alpha value is -1.11. The molecule has 0 saturated heterocycles. The molecule has 1 aromatic rings. The minimum Gasteiger partial charge on any atom is -0.491 e. The molecule has 0 bridgehead atoms. The summed E-state index contributed by atoms with van der Waals surface area (Å²) in [5, 5.41) is 8.68. The highest BCUT2D eigenvalue weighted by Crippen LogP contribution is 2.43. The van der Waals surface area contributed by atoms with E-state index in [0.29, 0.717) is 12.3 Å². The van der Waals surface area contributed by atoms with Crippen molar-refractivity contribution in [2.75, 3.05) is 19.8 Å². The van der Waals surface area contributed by atoms with Crippen LogP contribution in [0.4, 0.5) is 0 Å². The zero-order chi connectivity index (χ0) is 15.3. The van der Waals surface area contributed by atoms with E-state index in [1.807, 2.05) is 0 Å². The zero-order valence-corrected chi connectivity index (χ0v) is 13.2. The SMILES string of the molecule is CCC1(CNS(=O)(=O)c2ccc(OCCO)cc2)CCC1. The van der Waals surface area contributed by atoms with Gasteiger partial charge in [-0.05, 0) is 48.9 Å². The monoisotopic (exact) mass is 313 g/mol. The van der Waals surface area contributed by atoms with Gasteiger partial charge in [0, 0.05) is 6.54 Å². The van der Waals surface area contributed by atoms with Crippen molar-refractivity contribution in [2.24, 2.45) is 5.41 Å². The normalized spacial score (nSPS) is 17.2. The summed E-state index contributed by atoms with van der Waals surface area (Å²) in [6.07, 6.45) is 4.38. The smallest absolute Gasteiger partial charge is 0.240 e. The molecule has 1 saturated carbocycles. The molecule has 0 amide bonds. The van der Waals surface area contributed by atoms with E-state index in [-0.39, 0.29) is 23.5 Å². The van der Waals surface area contributed by atoms with Gasteiger partial charge in [0.2, 0.25) is 10.0 Å². The summed E-state index contributed by atoms with van der Waals surface area (Å²) >= 11 is 0. The highest BCUT2D eigenvalue weighted by molar-refractivity contribution is 7.89. The topological polar surface area (TPSA) is 75.6 Å². The van der Waals surface area contributed by atoms with Crippen molar-refractivity contribution in [3.05, 3.63) is 24.3 Å². The van der Waals surface area contributed by atoms with Gasteiger partial charge < -0.3 is 9.84 Å². The lowest BCUT2D eigenvalue weighted by molar-refractivity contribution is 0.133. The quantitative estimate of drug-likeness (QED) is 0.769. The molecule has 0 radical (unpaired) electrons. The van der Waals surface area contributed by atoms with Gasteiger partial charge in [-0.3, -0.25) is 0 Å². The fraction of sp³-hybridized carbons (Fsp3) is 0.600. The lowest BCUT2D eigenvalue weighted by Crippen LogP contribution is -2.41. The second-order valence-electron chi connectivity index (χ2n) is 5.58. The molecule has 1 aliphatic carbocycles. The van der Waals surface area contributed by atoms with Gasteiger partial charge in [-0.2, -0.15) is 0 Å². The standard InChI is InChI=1S/C15H23NO4S/c1-2-15(8-3-9-15)12-16-21(18,19)14-6-4-13(5-7-14)20-11-10-17/h4-7,16-17H,2-3,8-12H2,1H3. The van der Waals surface area contributed by atoms with Gasteiger partial charge in [0.25, 0.3) is 0 Å². The van der Waals surface area contributed by atoms with Gasteiger partial charge in [-0.25, -0.2) is 13.1 Å². The Bertz CT molecular complexity index is 544. The minimum absolute atomic E-state index is 0.0687. The third-order valence-electron chi connectivity index (χ3n) is 4.30. The maximum absolute atomic E-state index is 12.3. The molecule has 5 nitrogen and oxygen atoms in total. The number of sulfonamides is 1. The van der Waals surface area contributed by atoms with E-state index in [1.54, 1.807) is 12.1 Å². The Labute approximate surface area is 126 Å². The Morgan fingerprint density at radius 2 is 1.95 bits per heavy atom. The average Bonchev–Trinajstić information content (AvgIpc) is 2.45. The molecule has 1 aliphatic rings. The Balaban J connectivity index is 1.98. The predicted molar refractivity (Wildman–Crippen MR) is 80.8 cm³/mol. The minimum atomic E-state index is -3.47. The second-order valence-corrected chi connectivity index (χ2v) is 7.34. The van der Waals surface area contributed by atoms with E-state index in [0.717, 1.165) is 19.3 Å². The van der Waals surface area contributed by atoms with Crippen LogP contribution in [0.5, 0.6) is 5.75 Å². The van der Waals surface area contributed by atoms with Gasteiger partial charge >= 0.3 is 0 Å². The average molecular weight is 313 g/mol. The first-order valence-electron chi connectivity index (χ1n) is 7.35. The number of hydrogen-bond donors (Lipinski definition) is 2. The van der Waals surface area contributed by atoms with Gasteiger partial charge in [0.1, 0.15) is 12.4 Å². The van der Waals surface area contributed by atoms with Gasteiger partial charge in [-0.1, -0.05) is 13.3 Å². The van der Waals surface area contributed by atoms with E-state index in [1.165, 1.54) is 18.6 Å². The number of rotatable bonds is 8. The number of benzene rings is 1. The lowest BCUT2D eigenvalue weighted by Gasteiger charge is -2.41. The molecule has 6 heteroatoms. The fourth-order valence-corrected chi connectivity index (χ4v) is 3.70. The van der Waals surface area contributed by atoms with Crippen LogP contribution >= 0.6 is 0 Å². The molecule has 118 valence electrons. The second kappa shape index (κ2) is 6.77. The van der Waals surface area contributed by atoms with Crippen LogP contribution in [-0.2, 0) is 10.0 Å². The van der Waals surface area contributed by atoms with Crippen molar-refractivity contribution in [3.8, 4) is 5.75 Å². The molecule has 0 aromatic heterocycles. The summed E-state index contributed by atoms with van der Waals surface area (Å²) in [6, 6.07) is 6.25. The lowest BCUT2D eigenvalue weighted by atomic mass is 9.67. The summed E-state index contributed by atoms with van der Waals surface area (Å²) in [5.74, 6) is 0.548. The highest BCUT2D eigenvalue weighted by atomic mass is 32.2. The van der Waals surface area contributed by atoms with Crippen LogP contribution in [0, 0.1) is 5.41 Å². The summed E-state index contributed by atoms with van der Waals surface area (Å²) in [4.78, 5) is 0.240. The molecule has 0 aliphatic heterocycles. The summed E-state index contributed by atoms with van der Waals surface area (Å²) in [6.45, 7) is 2.75. The van der Waals surface area contributed by atoms with Crippen LogP contribution in [0.25, 0.3) is 0 Å². The van der Waals surface area contributed by atoms with Crippen LogP contribution in [-0.4, -0.2) is 33.3 Å². The molecular weight excluding hydrogens is 290 g/mol. The maximum Gasteiger partial charge on any atom is 0.240 e. The molecule has 0 unspecified atom stereocenters. The van der Waals surface area contributed by atoms with Crippen LogP contribution in [0.2, 0.25) is 0 Å². The van der Waals surface area contributed by atoms with E-state index in [9.17, 15) is 8.42 Å². The molecule has 0 spiro atoms. The van der Waals surface area contributed by atoms with Crippen molar-refractivity contribution in [2.45, 2.75) is 37.5 Å². The predicted octanol–water partition coefficient (Wildman–Crippen LogP) is 1.92. The molecule has 0 heterocycles. The third-order valence-corrected chi connectivity index (χ3v) is 5.71. The van der Waals surface area contributed by atoms with E-state index in [4.69, 9.17) is 9.84 Å². The number of aliphatic hydroxyl groups is 1. The van der Waals surface area contributed by atoms with Crippen molar-refractivity contribution in [3.63, 3.8) is 0 Å². The van der Waals surface area contributed by atoms with Crippen molar-refractivity contribution < 1.29 is 18.3 Å². The first kappa shape index (κ1) is 16.3. The van der Waals surface area contributed by atoms with Crippen LogP contribution < -0.4 is 9.46 Å². The highest BCUT2D eigenvalue weighted by Gasteiger charge is 2.36. The first-order chi connectivity index (χ1) is 10.0. The molecule has 1 fully saturated rings. The van der Waals surface area contributed by atoms with Crippen molar-refractivity contribution >= 4 is 10.0 Å². The summed E-state index contributed by atoms with van der Waals surface area (Å²) in [7, 11) is -3.47. The number of hydrogen-bond acceptors (Lipinski definition) is 4. The summed E-state index contributed by atoms with van der Waals surface area (Å²) < 4.78 is 32.5. The van der Waals surface area contributed by atoms with Crippen LogP contribution in [0.1, 0.15) is 32.6 Å². The van der Waals surface area contributed by atoms with Gasteiger partial charge in [-0.15, -0.1) is 0 Å². The maximum atomic E-state index is 12.3. The number of nitrogens with one attached hydrogen (secondary N) is 1. The Morgan fingerprint density at radius 1 is 1.29 bits per heavy atom. The van der Waals surface area contributed by atoms with Gasteiger partial charge in [0.05, 0.1) is 11.5 Å². The van der Waals surface area contributed by atoms with E-state index < -0.39 is 10.0 Å². The Morgan fingerprint density at radius 3 is 2.43 bits per heavy atom.